The van der Waals surface area contributed by atoms with Gasteiger partial charge in [-0.25, -0.2) is 9.78 Å². The third kappa shape index (κ3) is 4.43. The number of thiazole rings is 1. The highest BCUT2D eigenvalue weighted by atomic mass is 32.1. The van der Waals surface area contributed by atoms with Gasteiger partial charge in [-0.05, 0) is 37.5 Å². The Morgan fingerprint density at radius 2 is 1.67 bits per heavy atom. The summed E-state index contributed by atoms with van der Waals surface area (Å²) in [6, 6.07) is 18.0. The van der Waals surface area contributed by atoms with Gasteiger partial charge < -0.3 is 9.84 Å². The Bertz CT molecular complexity index is 884. The number of hydrogen-bond donors (Lipinski definition) is 1. The molecule has 0 aliphatic carbocycles. The fourth-order valence-corrected chi connectivity index (χ4v) is 3.69. The third-order valence-corrected chi connectivity index (χ3v) is 4.77. The number of carbonyl (C=O) groups is 1. The summed E-state index contributed by atoms with van der Waals surface area (Å²) in [4.78, 5) is 16.6. The van der Waals surface area contributed by atoms with Crippen LogP contribution in [-0.2, 0) is 21.6 Å². The van der Waals surface area contributed by atoms with Crippen molar-refractivity contribution in [1.82, 2.24) is 4.98 Å². The Hall–Kier alpha value is -2.50. The second-order valence-electron chi connectivity index (χ2n) is 7.46. The van der Waals surface area contributed by atoms with Crippen molar-refractivity contribution in [3.63, 3.8) is 0 Å². The zero-order valence-corrected chi connectivity index (χ0v) is 16.5. The predicted octanol–water partition coefficient (Wildman–Crippen LogP) is 5.15. The molecule has 0 saturated carbocycles. The SMILES string of the molecule is CC(C)(C)OC(Cc1ccc(-c2ccccc2)cc1)(C(=O)O)c1cscn1. The first-order valence-electron chi connectivity index (χ1n) is 8.77. The molecule has 0 radical (unpaired) electrons. The summed E-state index contributed by atoms with van der Waals surface area (Å²) in [5.41, 5.74) is 3.01. The van der Waals surface area contributed by atoms with Crippen LogP contribution in [0.1, 0.15) is 32.0 Å². The Balaban J connectivity index is 1.96. The van der Waals surface area contributed by atoms with E-state index in [1.165, 1.54) is 11.3 Å². The van der Waals surface area contributed by atoms with E-state index in [4.69, 9.17) is 4.74 Å². The molecule has 2 aromatic carbocycles. The van der Waals surface area contributed by atoms with Crippen molar-refractivity contribution >= 4 is 17.3 Å². The normalized spacial score (nSPS) is 13.9. The summed E-state index contributed by atoms with van der Waals surface area (Å²) in [6.45, 7) is 5.57. The molecule has 3 rings (SSSR count). The first-order chi connectivity index (χ1) is 12.8. The Morgan fingerprint density at radius 3 is 2.19 bits per heavy atom. The molecule has 0 amide bonds. The molecule has 140 valence electrons. The molecule has 1 heterocycles. The van der Waals surface area contributed by atoms with Crippen LogP contribution in [0.2, 0.25) is 0 Å². The molecule has 5 heteroatoms. The Morgan fingerprint density at radius 1 is 1.04 bits per heavy atom. The average molecular weight is 381 g/mol. The molecule has 1 atom stereocenters. The molecule has 1 unspecified atom stereocenters. The molecule has 3 aromatic rings. The number of aromatic nitrogens is 1. The van der Waals surface area contributed by atoms with Gasteiger partial charge in [0.15, 0.2) is 0 Å². The van der Waals surface area contributed by atoms with Gasteiger partial charge in [-0.2, -0.15) is 0 Å². The zero-order chi connectivity index (χ0) is 19.5. The van der Waals surface area contributed by atoms with E-state index in [1.807, 2.05) is 63.2 Å². The van der Waals surface area contributed by atoms with Gasteiger partial charge in [-0.1, -0.05) is 54.6 Å². The van der Waals surface area contributed by atoms with E-state index in [9.17, 15) is 9.90 Å². The predicted molar refractivity (Wildman–Crippen MR) is 108 cm³/mol. The molecule has 0 aliphatic heterocycles. The van der Waals surface area contributed by atoms with Gasteiger partial charge in [0.2, 0.25) is 5.60 Å². The number of benzene rings is 2. The van der Waals surface area contributed by atoms with Crippen LogP contribution < -0.4 is 0 Å². The van der Waals surface area contributed by atoms with E-state index < -0.39 is 17.2 Å². The lowest BCUT2D eigenvalue weighted by Crippen LogP contribution is -2.46. The first kappa shape index (κ1) is 19.3. The number of hydrogen-bond acceptors (Lipinski definition) is 4. The fourth-order valence-electron chi connectivity index (χ4n) is 3.08. The van der Waals surface area contributed by atoms with Crippen molar-refractivity contribution in [1.29, 1.82) is 0 Å². The van der Waals surface area contributed by atoms with Gasteiger partial charge in [0.25, 0.3) is 0 Å². The summed E-state index contributed by atoms with van der Waals surface area (Å²) in [5.74, 6) is -1.03. The molecule has 0 saturated heterocycles. The lowest BCUT2D eigenvalue weighted by Gasteiger charge is -2.35. The molecule has 0 spiro atoms. The average Bonchev–Trinajstić information content (AvgIpc) is 3.16. The molecule has 0 fully saturated rings. The molecule has 0 bridgehead atoms. The molecule has 1 N–H and O–H groups in total. The maximum atomic E-state index is 12.3. The summed E-state index contributed by atoms with van der Waals surface area (Å²) < 4.78 is 6.09. The number of rotatable bonds is 6. The van der Waals surface area contributed by atoms with Gasteiger partial charge in [0.05, 0.1) is 16.8 Å². The van der Waals surface area contributed by atoms with Crippen molar-refractivity contribution in [2.24, 2.45) is 0 Å². The standard InChI is InChI=1S/C22H23NO3S/c1-21(2,3)26-22(20(24)25,19-14-27-15-23-19)13-16-9-11-18(12-10-16)17-7-5-4-6-8-17/h4-12,14-15H,13H2,1-3H3,(H,24,25). The maximum Gasteiger partial charge on any atom is 0.342 e. The lowest BCUT2D eigenvalue weighted by molar-refractivity contribution is -0.188. The van der Waals surface area contributed by atoms with Crippen molar-refractivity contribution < 1.29 is 14.6 Å². The number of ether oxygens (including phenoxy) is 1. The summed E-state index contributed by atoms with van der Waals surface area (Å²) in [5, 5.41) is 11.8. The minimum absolute atomic E-state index is 0.207. The molecule has 0 aliphatic rings. The van der Waals surface area contributed by atoms with Crippen molar-refractivity contribution in [3.05, 3.63) is 76.7 Å². The number of aliphatic carboxylic acids is 1. The topological polar surface area (TPSA) is 59.4 Å². The second kappa shape index (κ2) is 7.62. The number of nitrogens with zero attached hydrogens (tertiary/aromatic N) is 1. The van der Waals surface area contributed by atoms with Crippen LogP contribution in [0.25, 0.3) is 11.1 Å². The van der Waals surface area contributed by atoms with Crippen molar-refractivity contribution in [2.45, 2.75) is 38.4 Å². The third-order valence-electron chi connectivity index (χ3n) is 4.19. The highest BCUT2D eigenvalue weighted by molar-refractivity contribution is 7.07. The molecule has 4 nitrogen and oxygen atoms in total. The van der Waals surface area contributed by atoms with Gasteiger partial charge in [0, 0.05) is 11.8 Å². The second-order valence-corrected chi connectivity index (χ2v) is 8.18. The van der Waals surface area contributed by atoms with Gasteiger partial charge in [-0.15, -0.1) is 11.3 Å². The van der Waals surface area contributed by atoms with Crippen LogP contribution in [0.3, 0.4) is 0 Å². The van der Waals surface area contributed by atoms with E-state index in [-0.39, 0.29) is 6.42 Å². The van der Waals surface area contributed by atoms with Crippen LogP contribution in [0.5, 0.6) is 0 Å². The Kier molecular flexibility index (Phi) is 5.44. The fraction of sp³-hybridized carbons (Fsp3) is 0.273. The number of carboxylic acids is 1. The summed E-state index contributed by atoms with van der Waals surface area (Å²) >= 11 is 1.37. The van der Waals surface area contributed by atoms with Crippen LogP contribution >= 0.6 is 11.3 Å². The smallest absolute Gasteiger partial charge is 0.342 e. The van der Waals surface area contributed by atoms with Crippen LogP contribution in [-0.4, -0.2) is 21.7 Å². The van der Waals surface area contributed by atoms with Gasteiger partial charge in [-0.3, -0.25) is 0 Å². The molecular formula is C22H23NO3S. The van der Waals surface area contributed by atoms with Crippen LogP contribution in [0.15, 0.2) is 65.5 Å². The quantitative estimate of drug-likeness (QED) is 0.642. The van der Waals surface area contributed by atoms with Crippen LogP contribution in [0, 0.1) is 0 Å². The number of carboxylic acid groups (broad SMARTS) is 1. The molecular weight excluding hydrogens is 358 g/mol. The summed E-state index contributed by atoms with van der Waals surface area (Å²) in [6.07, 6.45) is 0.207. The lowest BCUT2D eigenvalue weighted by atomic mass is 9.89. The highest BCUT2D eigenvalue weighted by Crippen LogP contribution is 2.35. The van der Waals surface area contributed by atoms with Crippen LogP contribution in [0.4, 0.5) is 0 Å². The van der Waals surface area contributed by atoms with Crippen molar-refractivity contribution in [3.8, 4) is 11.1 Å². The molecule has 1 aromatic heterocycles. The van der Waals surface area contributed by atoms with Gasteiger partial charge >= 0.3 is 5.97 Å². The zero-order valence-electron chi connectivity index (χ0n) is 15.7. The van der Waals surface area contributed by atoms with E-state index in [2.05, 4.69) is 17.1 Å². The van der Waals surface area contributed by atoms with E-state index >= 15 is 0 Å². The largest absolute Gasteiger partial charge is 0.479 e. The van der Waals surface area contributed by atoms with Crippen molar-refractivity contribution in [2.75, 3.05) is 0 Å². The van der Waals surface area contributed by atoms with E-state index in [0.717, 1.165) is 16.7 Å². The Labute approximate surface area is 163 Å². The molecule has 27 heavy (non-hydrogen) atoms. The summed E-state index contributed by atoms with van der Waals surface area (Å²) in [7, 11) is 0. The minimum Gasteiger partial charge on any atom is -0.479 e. The maximum absolute atomic E-state index is 12.3. The highest BCUT2D eigenvalue weighted by Gasteiger charge is 2.46. The monoisotopic (exact) mass is 381 g/mol. The van der Waals surface area contributed by atoms with Gasteiger partial charge in [0.1, 0.15) is 0 Å². The first-order valence-corrected chi connectivity index (χ1v) is 9.71. The van der Waals surface area contributed by atoms with E-state index in [1.54, 1.807) is 10.9 Å². The van der Waals surface area contributed by atoms with E-state index in [0.29, 0.717) is 5.69 Å². The minimum atomic E-state index is -1.52.